The molecule has 0 unspecified atom stereocenters. The summed E-state index contributed by atoms with van der Waals surface area (Å²) in [5, 5.41) is 5.98. The highest BCUT2D eigenvalue weighted by molar-refractivity contribution is 14.0. The van der Waals surface area contributed by atoms with Crippen molar-refractivity contribution >= 4 is 41.9 Å². The lowest BCUT2D eigenvalue weighted by molar-refractivity contribution is -0.120. The third kappa shape index (κ3) is 7.83. The zero-order chi connectivity index (χ0) is 20.3. The van der Waals surface area contributed by atoms with Crippen molar-refractivity contribution in [3.8, 4) is 0 Å². The molecule has 0 spiro atoms. The minimum Gasteiger partial charge on any atom is -0.467 e. The summed E-state index contributed by atoms with van der Waals surface area (Å²) in [7, 11) is 1.75. The number of benzene rings is 1. The SMILES string of the molecule is CN=C(NCC(=O)NCc1ccco1)N1CCN(CC=Cc2ccccc2)CC1.I. The summed E-state index contributed by atoms with van der Waals surface area (Å²) in [5.74, 6) is 1.41. The summed E-state index contributed by atoms with van der Waals surface area (Å²) in [6.07, 6.45) is 5.97. The standard InChI is InChI=1S/C22H29N5O2.HI/c1-23-22(25-18-21(28)24-17-20-10-6-16-29-20)27-14-12-26(13-15-27)11-5-9-19-7-3-2-4-8-19;/h2-10,16H,11-15,17-18H2,1H3,(H,23,25)(H,24,28);1H. The predicted molar refractivity (Wildman–Crippen MR) is 131 cm³/mol. The molecular weight excluding hydrogens is 493 g/mol. The van der Waals surface area contributed by atoms with Gasteiger partial charge in [-0.15, -0.1) is 24.0 Å². The number of nitrogens with one attached hydrogen (secondary N) is 2. The monoisotopic (exact) mass is 523 g/mol. The van der Waals surface area contributed by atoms with Crippen molar-refractivity contribution in [2.75, 3.05) is 46.3 Å². The quantitative estimate of drug-likeness (QED) is 0.332. The minimum atomic E-state index is -0.0905. The van der Waals surface area contributed by atoms with Gasteiger partial charge in [0, 0.05) is 39.8 Å². The number of amides is 1. The van der Waals surface area contributed by atoms with E-state index >= 15 is 0 Å². The first-order chi connectivity index (χ1) is 14.2. The van der Waals surface area contributed by atoms with Crippen LogP contribution >= 0.6 is 24.0 Å². The van der Waals surface area contributed by atoms with E-state index in [1.165, 1.54) is 5.56 Å². The number of halogens is 1. The van der Waals surface area contributed by atoms with Gasteiger partial charge in [-0.25, -0.2) is 0 Å². The molecule has 30 heavy (non-hydrogen) atoms. The molecule has 1 fully saturated rings. The van der Waals surface area contributed by atoms with Crippen LogP contribution in [-0.4, -0.2) is 68.0 Å². The average Bonchev–Trinajstić information content (AvgIpc) is 3.28. The molecule has 162 valence electrons. The van der Waals surface area contributed by atoms with Gasteiger partial charge in [-0.2, -0.15) is 0 Å². The second-order valence-electron chi connectivity index (χ2n) is 6.86. The number of piperazine rings is 1. The van der Waals surface area contributed by atoms with E-state index < -0.39 is 0 Å². The Hall–Kier alpha value is -2.33. The van der Waals surface area contributed by atoms with Crippen LogP contribution in [-0.2, 0) is 11.3 Å². The molecule has 7 nitrogen and oxygen atoms in total. The number of carbonyl (C=O) groups excluding carboxylic acids is 1. The Morgan fingerprint density at radius 2 is 1.87 bits per heavy atom. The fraction of sp³-hybridized carbons (Fsp3) is 0.364. The Bertz CT molecular complexity index is 800. The number of hydrogen-bond acceptors (Lipinski definition) is 4. The van der Waals surface area contributed by atoms with E-state index in [-0.39, 0.29) is 36.4 Å². The van der Waals surface area contributed by atoms with Gasteiger partial charge in [0.2, 0.25) is 5.91 Å². The highest BCUT2D eigenvalue weighted by atomic mass is 127. The fourth-order valence-electron chi connectivity index (χ4n) is 3.20. The number of carbonyl (C=O) groups is 1. The zero-order valence-electron chi connectivity index (χ0n) is 17.3. The lowest BCUT2D eigenvalue weighted by Crippen LogP contribution is -2.53. The van der Waals surface area contributed by atoms with Gasteiger partial charge in [0.1, 0.15) is 5.76 Å². The number of aliphatic imine (C=N–C) groups is 1. The summed E-state index contributed by atoms with van der Waals surface area (Å²) in [6.45, 7) is 5.20. The molecule has 2 N–H and O–H groups in total. The topological polar surface area (TPSA) is 73.1 Å². The molecule has 0 bridgehead atoms. The average molecular weight is 523 g/mol. The Labute approximate surface area is 195 Å². The van der Waals surface area contributed by atoms with Crippen LogP contribution in [0.3, 0.4) is 0 Å². The first-order valence-corrected chi connectivity index (χ1v) is 9.93. The van der Waals surface area contributed by atoms with Crippen LogP contribution in [0, 0.1) is 0 Å². The Morgan fingerprint density at radius 1 is 1.10 bits per heavy atom. The first kappa shape index (κ1) is 23.9. The van der Waals surface area contributed by atoms with E-state index in [4.69, 9.17) is 4.42 Å². The van der Waals surface area contributed by atoms with Crippen molar-refractivity contribution < 1.29 is 9.21 Å². The molecule has 1 aromatic heterocycles. The van der Waals surface area contributed by atoms with Crippen molar-refractivity contribution in [3.05, 3.63) is 66.1 Å². The van der Waals surface area contributed by atoms with Crippen LogP contribution in [0.2, 0.25) is 0 Å². The molecule has 0 radical (unpaired) electrons. The Balaban J connectivity index is 0.00000320. The van der Waals surface area contributed by atoms with E-state index in [0.29, 0.717) is 6.54 Å². The highest BCUT2D eigenvalue weighted by Crippen LogP contribution is 2.05. The molecule has 1 aliphatic heterocycles. The molecule has 1 amide bonds. The summed E-state index contributed by atoms with van der Waals surface area (Å²) in [4.78, 5) is 21.0. The molecule has 2 aromatic rings. The summed E-state index contributed by atoms with van der Waals surface area (Å²) in [6, 6.07) is 14.0. The zero-order valence-corrected chi connectivity index (χ0v) is 19.6. The molecule has 1 aliphatic rings. The lowest BCUT2D eigenvalue weighted by atomic mass is 10.2. The van der Waals surface area contributed by atoms with Gasteiger partial charge in [-0.05, 0) is 17.7 Å². The highest BCUT2D eigenvalue weighted by Gasteiger charge is 2.19. The lowest BCUT2D eigenvalue weighted by Gasteiger charge is -2.36. The molecule has 2 heterocycles. The normalized spacial score (nSPS) is 15.1. The van der Waals surface area contributed by atoms with Gasteiger partial charge in [0.05, 0.1) is 19.4 Å². The Morgan fingerprint density at radius 3 is 2.53 bits per heavy atom. The smallest absolute Gasteiger partial charge is 0.239 e. The van der Waals surface area contributed by atoms with E-state index in [1.54, 1.807) is 19.4 Å². The molecule has 8 heteroatoms. The maximum absolute atomic E-state index is 12.0. The first-order valence-electron chi connectivity index (χ1n) is 9.93. The van der Waals surface area contributed by atoms with E-state index in [9.17, 15) is 4.79 Å². The van der Waals surface area contributed by atoms with Crippen molar-refractivity contribution in [2.24, 2.45) is 4.99 Å². The van der Waals surface area contributed by atoms with Crippen molar-refractivity contribution in [1.82, 2.24) is 20.4 Å². The molecule has 3 rings (SSSR count). The van der Waals surface area contributed by atoms with Gasteiger partial charge in [0.15, 0.2) is 5.96 Å². The van der Waals surface area contributed by atoms with Gasteiger partial charge in [-0.3, -0.25) is 14.7 Å². The van der Waals surface area contributed by atoms with E-state index in [2.05, 4.69) is 49.7 Å². The number of guanidine groups is 1. The van der Waals surface area contributed by atoms with E-state index in [1.807, 2.05) is 24.3 Å². The second kappa shape index (κ2) is 13.1. The van der Waals surface area contributed by atoms with Crippen molar-refractivity contribution in [2.45, 2.75) is 6.54 Å². The van der Waals surface area contributed by atoms with Gasteiger partial charge < -0.3 is 20.0 Å². The summed E-state index contributed by atoms with van der Waals surface area (Å²) in [5.41, 5.74) is 1.22. The maximum Gasteiger partial charge on any atom is 0.239 e. The maximum atomic E-state index is 12.0. The van der Waals surface area contributed by atoms with Gasteiger partial charge in [-0.1, -0.05) is 42.5 Å². The predicted octanol–water partition coefficient (Wildman–Crippen LogP) is 2.42. The molecular formula is C22H30IN5O2. The number of furan rings is 1. The largest absolute Gasteiger partial charge is 0.467 e. The molecule has 0 atom stereocenters. The van der Waals surface area contributed by atoms with Crippen LogP contribution in [0.15, 0.2) is 64.2 Å². The Kier molecular flexibility index (Phi) is 10.4. The van der Waals surface area contributed by atoms with Crippen LogP contribution in [0.5, 0.6) is 0 Å². The third-order valence-corrected chi connectivity index (χ3v) is 4.80. The van der Waals surface area contributed by atoms with Crippen LogP contribution < -0.4 is 10.6 Å². The van der Waals surface area contributed by atoms with Gasteiger partial charge in [0.25, 0.3) is 0 Å². The van der Waals surface area contributed by atoms with Crippen LogP contribution in [0.4, 0.5) is 0 Å². The van der Waals surface area contributed by atoms with Crippen molar-refractivity contribution in [3.63, 3.8) is 0 Å². The second-order valence-corrected chi connectivity index (χ2v) is 6.86. The van der Waals surface area contributed by atoms with Crippen LogP contribution in [0.25, 0.3) is 6.08 Å². The molecule has 1 aromatic carbocycles. The molecule has 1 saturated heterocycles. The van der Waals surface area contributed by atoms with Gasteiger partial charge >= 0.3 is 0 Å². The number of rotatable bonds is 7. The fourth-order valence-corrected chi connectivity index (χ4v) is 3.20. The third-order valence-electron chi connectivity index (χ3n) is 4.80. The molecule has 0 aliphatic carbocycles. The number of nitrogens with zero attached hydrogens (tertiary/aromatic N) is 3. The van der Waals surface area contributed by atoms with Crippen molar-refractivity contribution in [1.29, 1.82) is 0 Å². The molecule has 0 saturated carbocycles. The number of hydrogen-bond donors (Lipinski definition) is 2. The summed E-state index contributed by atoms with van der Waals surface area (Å²) >= 11 is 0. The minimum absolute atomic E-state index is 0. The van der Waals surface area contributed by atoms with E-state index in [0.717, 1.165) is 44.4 Å². The summed E-state index contributed by atoms with van der Waals surface area (Å²) < 4.78 is 5.21. The van der Waals surface area contributed by atoms with Crippen LogP contribution in [0.1, 0.15) is 11.3 Å².